The maximum atomic E-state index is 11.1. The minimum absolute atomic E-state index is 0.0377. The molecule has 0 unspecified atom stereocenters. The average molecular weight is 425 g/mol. The molecule has 0 amide bonds. The molecule has 146 valence electrons. The number of phenols is 1. The highest BCUT2D eigenvalue weighted by Crippen LogP contribution is 2.35. The Hall–Kier alpha value is -2.93. The van der Waals surface area contributed by atoms with Crippen LogP contribution in [0, 0.1) is 12.3 Å². The Morgan fingerprint density at radius 2 is 1.83 bits per heavy atom. The molecule has 5 heteroatoms. The fraction of sp³-hybridized carbons (Fsp3) is 0.125. The molecule has 0 atom stereocenters. The summed E-state index contributed by atoms with van der Waals surface area (Å²) in [5.74, 6) is 3.11. The first-order valence-corrected chi connectivity index (χ1v) is 9.62. The third-order valence-corrected chi connectivity index (χ3v) is 5.01. The number of rotatable bonds is 6. The van der Waals surface area contributed by atoms with Crippen molar-refractivity contribution < 1.29 is 14.6 Å². The average Bonchev–Trinajstić information content (AvgIpc) is 2.70. The minimum Gasteiger partial charge on any atom is -0.507 e. The van der Waals surface area contributed by atoms with Gasteiger partial charge in [0, 0.05) is 27.6 Å². The number of carbonyl (C=O) groups excluding carboxylic acids is 1. The lowest BCUT2D eigenvalue weighted by Crippen LogP contribution is -2.06. The molecule has 3 rings (SSSR count). The second-order valence-corrected chi connectivity index (χ2v) is 7.42. The molecule has 1 N–H and O–H groups in total. The lowest BCUT2D eigenvalue weighted by atomic mass is 9.97. The van der Waals surface area contributed by atoms with Crippen LogP contribution in [0.5, 0.6) is 11.5 Å². The topological polar surface area (TPSA) is 46.5 Å². The number of hydrogen-bond acceptors (Lipinski definition) is 3. The van der Waals surface area contributed by atoms with Crippen LogP contribution in [0.2, 0.25) is 10.0 Å². The highest BCUT2D eigenvalue weighted by Gasteiger charge is 2.13. The lowest BCUT2D eigenvalue weighted by molar-refractivity contribution is -0.118. The summed E-state index contributed by atoms with van der Waals surface area (Å²) in [6, 6.07) is 16.0. The van der Waals surface area contributed by atoms with E-state index in [1.807, 2.05) is 36.4 Å². The summed E-state index contributed by atoms with van der Waals surface area (Å²) >= 11 is 12.8. The van der Waals surface area contributed by atoms with E-state index in [0.29, 0.717) is 27.8 Å². The molecule has 0 aliphatic heterocycles. The van der Waals surface area contributed by atoms with Gasteiger partial charge in [-0.25, -0.2) is 0 Å². The van der Waals surface area contributed by atoms with Crippen LogP contribution in [-0.2, 0) is 11.2 Å². The maximum Gasteiger partial charge on any atom is 0.167 e. The molecular weight excluding hydrogens is 407 g/mol. The molecular formula is C24H18Cl2O3. The van der Waals surface area contributed by atoms with Gasteiger partial charge in [0.05, 0.1) is 0 Å². The van der Waals surface area contributed by atoms with Crippen LogP contribution in [0.25, 0.3) is 11.1 Å². The summed E-state index contributed by atoms with van der Waals surface area (Å²) in [5, 5.41) is 11.2. The van der Waals surface area contributed by atoms with E-state index in [-0.39, 0.29) is 18.1 Å². The summed E-state index contributed by atoms with van der Waals surface area (Å²) < 4.78 is 5.38. The van der Waals surface area contributed by atoms with E-state index < -0.39 is 0 Å². The van der Waals surface area contributed by atoms with Crippen molar-refractivity contribution in [2.24, 2.45) is 0 Å². The summed E-state index contributed by atoms with van der Waals surface area (Å²) in [4.78, 5) is 11.1. The number of benzene rings is 3. The van der Waals surface area contributed by atoms with Crippen molar-refractivity contribution in [3.63, 3.8) is 0 Å². The Bertz CT molecular complexity index is 1090. The molecule has 0 aliphatic carbocycles. The number of terminal acetylenes is 1. The highest BCUT2D eigenvalue weighted by molar-refractivity contribution is 6.36. The normalized spacial score (nSPS) is 10.4. The third-order valence-electron chi connectivity index (χ3n) is 4.34. The lowest BCUT2D eigenvalue weighted by Gasteiger charge is -2.13. The van der Waals surface area contributed by atoms with Crippen molar-refractivity contribution in [3.05, 3.63) is 81.3 Å². The number of ether oxygens (including phenoxy) is 1. The molecule has 0 fully saturated rings. The Morgan fingerprint density at radius 3 is 2.48 bits per heavy atom. The molecule has 0 saturated heterocycles. The van der Waals surface area contributed by atoms with Crippen LogP contribution in [-0.4, -0.2) is 17.5 Å². The van der Waals surface area contributed by atoms with Gasteiger partial charge in [-0.2, -0.15) is 0 Å². The van der Waals surface area contributed by atoms with Gasteiger partial charge in [-0.15, -0.1) is 6.42 Å². The molecule has 29 heavy (non-hydrogen) atoms. The van der Waals surface area contributed by atoms with Gasteiger partial charge in [0.1, 0.15) is 18.1 Å². The fourth-order valence-corrected chi connectivity index (χ4v) is 3.52. The van der Waals surface area contributed by atoms with Crippen molar-refractivity contribution in [2.75, 3.05) is 6.61 Å². The molecule has 0 radical (unpaired) electrons. The fourth-order valence-electron chi connectivity index (χ4n) is 2.92. The second kappa shape index (κ2) is 9.05. The highest BCUT2D eigenvalue weighted by atomic mass is 35.5. The van der Waals surface area contributed by atoms with Gasteiger partial charge in [0.15, 0.2) is 5.78 Å². The van der Waals surface area contributed by atoms with E-state index in [1.54, 1.807) is 18.2 Å². The molecule has 0 aromatic heterocycles. The van der Waals surface area contributed by atoms with Gasteiger partial charge in [0.2, 0.25) is 0 Å². The molecule has 3 nitrogen and oxygen atoms in total. The smallest absolute Gasteiger partial charge is 0.167 e. The van der Waals surface area contributed by atoms with E-state index >= 15 is 0 Å². The largest absolute Gasteiger partial charge is 0.507 e. The monoisotopic (exact) mass is 424 g/mol. The van der Waals surface area contributed by atoms with Crippen molar-refractivity contribution >= 4 is 29.0 Å². The van der Waals surface area contributed by atoms with E-state index in [1.165, 1.54) is 6.92 Å². The van der Waals surface area contributed by atoms with Gasteiger partial charge in [-0.05, 0) is 60.0 Å². The van der Waals surface area contributed by atoms with Crippen LogP contribution in [0.15, 0.2) is 54.6 Å². The van der Waals surface area contributed by atoms with Gasteiger partial charge in [0.25, 0.3) is 0 Å². The molecule has 3 aromatic carbocycles. The summed E-state index contributed by atoms with van der Waals surface area (Å²) in [6.07, 6.45) is 5.94. The number of ketones is 1. The minimum atomic E-state index is -0.0909. The van der Waals surface area contributed by atoms with Crippen LogP contribution in [0.4, 0.5) is 0 Å². The van der Waals surface area contributed by atoms with Crippen molar-refractivity contribution in [2.45, 2.75) is 13.3 Å². The Kier molecular flexibility index (Phi) is 6.49. The van der Waals surface area contributed by atoms with Crippen LogP contribution < -0.4 is 4.74 Å². The number of Topliss-reactive ketones (excluding diaryl/α,β-unsaturated/α-hetero) is 1. The Morgan fingerprint density at radius 1 is 1.10 bits per heavy atom. The third kappa shape index (κ3) is 5.12. The van der Waals surface area contributed by atoms with Crippen LogP contribution in [0.1, 0.15) is 23.6 Å². The van der Waals surface area contributed by atoms with Crippen LogP contribution >= 0.6 is 23.2 Å². The van der Waals surface area contributed by atoms with Crippen molar-refractivity contribution in [1.82, 2.24) is 0 Å². The van der Waals surface area contributed by atoms with Gasteiger partial charge in [-0.1, -0.05) is 47.3 Å². The van der Waals surface area contributed by atoms with Gasteiger partial charge < -0.3 is 9.84 Å². The molecule has 0 saturated carbocycles. The number of hydrogen-bond donors (Lipinski definition) is 1. The standard InChI is InChI=1S/C24H18Cl2O3/c1-3-16-5-4-6-18(9-16)20-10-17(7-8-24(20)28)11-21-22(25)12-19(13-23(21)26)29-14-15(2)27/h1,4-10,12-13,28H,11,14H2,2H3. The zero-order valence-electron chi connectivity index (χ0n) is 15.7. The first-order valence-electron chi connectivity index (χ1n) is 8.86. The maximum absolute atomic E-state index is 11.1. The van der Waals surface area contributed by atoms with E-state index in [0.717, 1.165) is 22.3 Å². The Balaban J connectivity index is 1.91. The quantitative estimate of drug-likeness (QED) is 0.500. The van der Waals surface area contributed by atoms with Gasteiger partial charge in [-0.3, -0.25) is 4.79 Å². The summed E-state index contributed by atoms with van der Waals surface area (Å²) in [5.41, 5.74) is 3.89. The molecule has 0 aliphatic rings. The van der Waals surface area contributed by atoms with E-state index in [9.17, 15) is 9.90 Å². The predicted octanol–water partition coefficient (Wildman–Crippen LogP) is 5.91. The van der Waals surface area contributed by atoms with E-state index in [4.69, 9.17) is 34.4 Å². The molecule has 0 bridgehead atoms. The number of aromatic hydroxyl groups is 1. The second-order valence-electron chi connectivity index (χ2n) is 6.61. The zero-order chi connectivity index (χ0) is 21.0. The van der Waals surface area contributed by atoms with Crippen LogP contribution in [0.3, 0.4) is 0 Å². The van der Waals surface area contributed by atoms with Crippen molar-refractivity contribution in [3.8, 4) is 35.0 Å². The molecule has 0 heterocycles. The summed E-state index contributed by atoms with van der Waals surface area (Å²) in [6.45, 7) is 1.41. The summed E-state index contributed by atoms with van der Waals surface area (Å²) in [7, 11) is 0. The number of carbonyl (C=O) groups is 1. The van der Waals surface area contributed by atoms with Gasteiger partial charge >= 0.3 is 0 Å². The molecule has 0 spiro atoms. The van der Waals surface area contributed by atoms with E-state index in [2.05, 4.69) is 5.92 Å². The Labute approximate surface area is 179 Å². The first kappa shape index (κ1) is 20.8. The molecule has 3 aromatic rings. The first-order chi connectivity index (χ1) is 13.9. The zero-order valence-corrected chi connectivity index (χ0v) is 17.2. The number of halogens is 2. The predicted molar refractivity (Wildman–Crippen MR) is 117 cm³/mol. The van der Waals surface area contributed by atoms with Crippen molar-refractivity contribution in [1.29, 1.82) is 0 Å². The number of phenolic OH excluding ortho intramolecular Hbond substituents is 1. The SMILES string of the molecule is C#Cc1cccc(-c2cc(Cc3c(Cl)cc(OCC(C)=O)cc3Cl)ccc2O)c1.